The third kappa shape index (κ3) is 5.01. The number of rotatable bonds is 6. The van der Waals surface area contributed by atoms with Crippen LogP contribution in [0.25, 0.3) is 5.76 Å². The molecule has 1 heterocycles. The van der Waals surface area contributed by atoms with Crippen LogP contribution in [0.1, 0.15) is 56.0 Å². The molecule has 198 valence electrons. The summed E-state index contributed by atoms with van der Waals surface area (Å²) < 4.78 is 11.1. The molecule has 0 spiro atoms. The van der Waals surface area contributed by atoms with Crippen LogP contribution in [0.2, 0.25) is 5.02 Å². The van der Waals surface area contributed by atoms with Gasteiger partial charge in [0, 0.05) is 16.8 Å². The molecule has 1 aliphatic heterocycles. The van der Waals surface area contributed by atoms with Gasteiger partial charge in [-0.3, -0.25) is 14.5 Å². The van der Waals surface area contributed by atoms with Crippen molar-refractivity contribution < 1.29 is 24.2 Å². The predicted octanol–water partition coefficient (Wildman–Crippen LogP) is 6.98. The molecule has 0 bridgehead atoms. The van der Waals surface area contributed by atoms with Crippen molar-refractivity contribution in [2.75, 3.05) is 18.6 Å². The number of ketones is 1. The first kappa shape index (κ1) is 27.3. The molecular formula is C31H32ClNO5. The lowest BCUT2D eigenvalue weighted by atomic mass is 9.84. The van der Waals surface area contributed by atoms with Gasteiger partial charge in [-0.2, -0.15) is 0 Å². The largest absolute Gasteiger partial charge is 0.507 e. The highest BCUT2D eigenvalue weighted by Crippen LogP contribution is 2.44. The number of hydrogen-bond acceptors (Lipinski definition) is 5. The highest BCUT2D eigenvalue weighted by molar-refractivity contribution is 6.51. The molecule has 6 nitrogen and oxygen atoms in total. The second kappa shape index (κ2) is 10.5. The van der Waals surface area contributed by atoms with Crippen molar-refractivity contribution in [2.45, 2.75) is 46.1 Å². The first-order valence-electron chi connectivity index (χ1n) is 12.5. The van der Waals surface area contributed by atoms with Gasteiger partial charge in [0.1, 0.15) is 17.3 Å². The molecule has 0 aromatic heterocycles. The van der Waals surface area contributed by atoms with Crippen LogP contribution in [-0.2, 0) is 15.0 Å². The summed E-state index contributed by atoms with van der Waals surface area (Å²) in [6.07, 6.45) is 0. The number of halogens is 1. The van der Waals surface area contributed by atoms with E-state index >= 15 is 0 Å². The third-order valence-corrected chi connectivity index (χ3v) is 6.87. The number of anilines is 1. The summed E-state index contributed by atoms with van der Waals surface area (Å²) in [5.74, 6) is -0.609. The number of aliphatic hydroxyl groups is 1. The summed E-state index contributed by atoms with van der Waals surface area (Å²) in [7, 11) is 1.50. The number of methoxy groups -OCH3 is 1. The molecule has 3 aromatic rings. The lowest BCUT2D eigenvalue weighted by molar-refractivity contribution is -0.132. The van der Waals surface area contributed by atoms with Gasteiger partial charge in [-0.25, -0.2) is 0 Å². The second-order valence-corrected chi connectivity index (χ2v) is 10.7. The van der Waals surface area contributed by atoms with E-state index in [2.05, 4.69) is 0 Å². The number of aryl methyl sites for hydroxylation is 1. The van der Waals surface area contributed by atoms with Crippen LogP contribution in [0.5, 0.6) is 11.5 Å². The number of carbonyl (C=O) groups excluding carboxylic acids is 2. The van der Waals surface area contributed by atoms with Crippen LogP contribution in [0.4, 0.5) is 5.69 Å². The van der Waals surface area contributed by atoms with Gasteiger partial charge < -0.3 is 14.6 Å². The Hall–Kier alpha value is -3.77. The van der Waals surface area contributed by atoms with Gasteiger partial charge in [-0.05, 0) is 61.2 Å². The molecular weight excluding hydrogens is 502 g/mol. The second-order valence-electron chi connectivity index (χ2n) is 10.3. The summed E-state index contributed by atoms with van der Waals surface area (Å²) in [5, 5.41) is 11.9. The van der Waals surface area contributed by atoms with Crippen molar-refractivity contribution in [1.82, 2.24) is 0 Å². The molecule has 1 unspecified atom stereocenters. The number of benzene rings is 3. The van der Waals surface area contributed by atoms with E-state index in [1.807, 2.05) is 65.0 Å². The molecule has 1 atom stereocenters. The molecule has 7 heteroatoms. The first-order chi connectivity index (χ1) is 18.0. The molecule has 0 aliphatic carbocycles. The lowest BCUT2D eigenvalue weighted by Crippen LogP contribution is -2.29. The Bertz CT molecular complexity index is 1440. The molecule has 0 saturated carbocycles. The molecule has 1 fully saturated rings. The monoisotopic (exact) mass is 533 g/mol. The third-order valence-electron chi connectivity index (χ3n) is 6.58. The lowest BCUT2D eigenvalue weighted by Gasteiger charge is -2.26. The minimum absolute atomic E-state index is 0.0107. The van der Waals surface area contributed by atoms with Crippen LogP contribution in [0.3, 0.4) is 0 Å². The molecule has 1 saturated heterocycles. The number of nitrogens with zero attached hydrogens (tertiary/aromatic N) is 1. The summed E-state index contributed by atoms with van der Waals surface area (Å²) in [6.45, 7) is 10.5. The van der Waals surface area contributed by atoms with E-state index in [9.17, 15) is 14.7 Å². The Morgan fingerprint density at radius 3 is 2.34 bits per heavy atom. The number of Topliss-reactive ketones (excluding diaryl/α,β-unsaturated/α-hetero) is 1. The quantitative estimate of drug-likeness (QED) is 0.210. The van der Waals surface area contributed by atoms with E-state index < -0.39 is 17.7 Å². The molecule has 1 N–H and O–H groups in total. The Labute approximate surface area is 228 Å². The molecule has 4 rings (SSSR count). The summed E-state index contributed by atoms with van der Waals surface area (Å²) >= 11 is 6.39. The zero-order valence-electron chi connectivity index (χ0n) is 22.5. The standard InChI is InChI=1S/C31H32ClNO5/c1-7-38-24-13-11-20(16-22(24)31(3,4)5)28(34)26-27(19-10-8-9-18(2)15-19)33(30(36)29(26)35)21-12-14-25(37-6)23(32)17-21/h8-17,27,34H,7H2,1-6H3/b28-26-. The Morgan fingerprint density at radius 1 is 1.03 bits per heavy atom. The van der Waals surface area contributed by atoms with Crippen molar-refractivity contribution in [3.8, 4) is 11.5 Å². The first-order valence-corrected chi connectivity index (χ1v) is 12.8. The van der Waals surface area contributed by atoms with E-state index in [4.69, 9.17) is 21.1 Å². The van der Waals surface area contributed by atoms with Crippen LogP contribution < -0.4 is 14.4 Å². The van der Waals surface area contributed by atoms with E-state index in [1.54, 1.807) is 30.3 Å². The maximum absolute atomic E-state index is 13.5. The maximum Gasteiger partial charge on any atom is 0.300 e. The number of amides is 1. The predicted molar refractivity (Wildman–Crippen MR) is 150 cm³/mol. The molecule has 1 amide bonds. The van der Waals surface area contributed by atoms with E-state index in [-0.39, 0.29) is 16.7 Å². The zero-order chi connectivity index (χ0) is 27.8. The van der Waals surface area contributed by atoms with Crippen LogP contribution in [0, 0.1) is 6.92 Å². The number of ether oxygens (including phenoxy) is 2. The van der Waals surface area contributed by atoms with Crippen molar-refractivity contribution in [2.24, 2.45) is 0 Å². The van der Waals surface area contributed by atoms with Crippen LogP contribution >= 0.6 is 11.6 Å². The average Bonchev–Trinajstić information content (AvgIpc) is 3.13. The van der Waals surface area contributed by atoms with Gasteiger partial charge in [0.25, 0.3) is 11.7 Å². The van der Waals surface area contributed by atoms with Crippen molar-refractivity contribution in [1.29, 1.82) is 0 Å². The van der Waals surface area contributed by atoms with Crippen LogP contribution in [0.15, 0.2) is 66.2 Å². The zero-order valence-corrected chi connectivity index (χ0v) is 23.2. The number of aliphatic hydroxyl groups excluding tert-OH is 1. The summed E-state index contributed by atoms with van der Waals surface area (Å²) in [5.41, 5.74) is 3.11. The van der Waals surface area contributed by atoms with Gasteiger partial charge in [0.05, 0.1) is 30.4 Å². The van der Waals surface area contributed by atoms with Crippen molar-refractivity contribution in [3.63, 3.8) is 0 Å². The van der Waals surface area contributed by atoms with Crippen molar-refractivity contribution >= 4 is 34.7 Å². The molecule has 1 aliphatic rings. The van der Waals surface area contributed by atoms with E-state index in [0.29, 0.717) is 39.9 Å². The fourth-order valence-corrected chi connectivity index (χ4v) is 5.01. The highest BCUT2D eigenvalue weighted by atomic mass is 35.5. The molecule has 0 radical (unpaired) electrons. The normalized spacial score (nSPS) is 17.1. The van der Waals surface area contributed by atoms with Gasteiger partial charge in [-0.1, -0.05) is 62.2 Å². The highest BCUT2D eigenvalue weighted by Gasteiger charge is 2.47. The van der Waals surface area contributed by atoms with Gasteiger partial charge >= 0.3 is 0 Å². The van der Waals surface area contributed by atoms with E-state index in [0.717, 1.165) is 11.1 Å². The average molecular weight is 534 g/mol. The Kier molecular flexibility index (Phi) is 7.56. The fourth-order valence-electron chi connectivity index (χ4n) is 4.76. The maximum atomic E-state index is 13.5. The fraction of sp³-hybridized carbons (Fsp3) is 0.290. The van der Waals surface area contributed by atoms with Crippen LogP contribution in [-0.4, -0.2) is 30.5 Å². The van der Waals surface area contributed by atoms with Gasteiger partial charge in [0.15, 0.2) is 0 Å². The molecule has 3 aromatic carbocycles. The number of hydrogen-bond donors (Lipinski definition) is 1. The summed E-state index contributed by atoms with van der Waals surface area (Å²) in [4.78, 5) is 28.4. The summed E-state index contributed by atoms with van der Waals surface area (Å²) in [6, 6.07) is 16.9. The smallest absolute Gasteiger partial charge is 0.300 e. The van der Waals surface area contributed by atoms with Gasteiger partial charge in [-0.15, -0.1) is 0 Å². The topological polar surface area (TPSA) is 76.1 Å². The molecule has 38 heavy (non-hydrogen) atoms. The van der Waals surface area contributed by atoms with Crippen molar-refractivity contribution in [3.05, 3.63) is 93.5 Å². The minimum atomic E-state index is -0.857. The van der Waals surface area contributed by atoms with E-state index in [1.165, 1.54) is 12.0 Å². The Balaban J connectivity index is 1.95. The van der Waals surface area contributed by atoms with Gasteiger partial charge in [0.2, 0.25) is 0 Å². The minimum Gasteiger partial charge on any atom is -0.507 e. The SMILES string of the molecule is CCOc1ccc(/C(O)=C2/C(=O)C(=O)N(c3ccc(OC)c(Cl)c3)C2c2cccc(C)c2)cc1C(C)(C)C. The Morgan fingerprint density at radius 2 is 1.74 bits per heavy atom. The number of carbonyl (C=O) groups is 2.